The third-order valence-corrected chi connectivity index (χ3v) is 3.93. The molecule has 1 fully saturated rings. The van der Waals surface area contributed by atoms with Gasteiger partial charge in [-0.3, -0.25) is 4.79 Å². The van der Waals surface area contributed by atoms with E-state index in [0.717, 1.165) is 37.3 Å². The summed E-state index contributed by atoms with van der Waals surface area (Å²) in [7, 11) is 0. The van der Waals surface area contributed by atoms with Crippen LogP contribution >= 0.6 is 0 Å². The van der Waals surface area contributed by atoms with Crippen LogP contribution in [0.5, 0.6) is 0 Å². The molecule has 1 aliphatic rings. The van der Waals surface area contributed by atoms with Crippen LogP contribution in [0, 0.1) is 5.92 Å². The van der Waals surface area contributed by atoms with Gasteiger partial charge < -0.3 is 15.3 Å². The molecule has 0 unspecified atom stereocenters. The van der Waals surface area contributed by atoms with Crippen LogP contribution in [-0.4, -0.2) is 30.7 Å². The maximum Gasteiger partial charge on any atom is 0.248 e. The standard InChI is InChI=1S/C18H24N2O2/c1-2-3-4-9-18(22)19-16-7-5-6-8-17(16)20-12-10-15(14-21)11-13-20/h2-9,15,21H,10-14H2,1H3,(H,19,22). The van der Waals surface area contributed by atoms with Gasteiger partial charge in [0, 0.05) is 25.8 Å². The van der Waals surface area contributed by atoms with E-state index >= 15 is 0 Å². The number of rotatable bonds is 5. The summed E-state index contributed by atoms with van der Waals surface area (Å²) in [6, 6.07) is 7.87. The van der Waals surface area contributed by atoms with Crippen LogP contribution in [0.2, 0.25) is 0 Å². The van der Waals surface area contributed by atoms with Crippen LogP contribution in [0.25, 0.3) is 0 Å². The number of piperidine rings is 1. The summed E-state index contributed by atoms with van der Waals surface area (Å²) >= 11 is 0. The zero-order chi connectivity index (χ0) is 15.8. The minimum atomic E-state index is -0.129. The van der Waals surface area contributed by atoms with E-state index in [1.807, 2.05) is 43.3 Å². The number of amides is 1. The van der Waals surface area contributed by atoms with Crippen LogP contribution in [0.3, 0.4) is 0 Å². The summed E-state index contributed by atoms with van der Waals surface area (Å²) in [5, 5.41) is 12.2. The summed E-state index contributed by atoms with van der Waals surface area (Å²) < 4.78 is 0. The first kappa shape index (κ1) is 16.3. The van der Waals surface area contributed by atoms with Crippen molar-refractivity contribution in [3.63, 3.8) is 0 Å². The van der Waals surface area contributed by atoms with Gasteiger partial charge in [0.25, 0.3) is 0 Å². The van der Waals surface area contributed by atoms with Gasteiger partial charge in [-0.2, -0.15) is 0 Å². The molecule has 2 N–H and O–H groups in total. The van der Waals surface area contributed by atoms with E-state index in [2.05, 4.69) is 10.2 Å². The van der Waals surface area contributed by atoms with Gasteiger partial charge >= 0.3 is 0 Å². The summed E-state index contributed by atoms with van der Waals surface area (Å²) in [4.78, 5) is 14.2. The van der Waals surface area contributed by atoms with E-state index < -0.39 is 0 Å². The molecule has 0 atom stereocenters. The molecule has 0 bridgehead atoms. The lowest BCUT2D eigenvalue weighted by atomic mass is 9.97. The second-order valence-electron chi connectivity index (χ2n) is 5.50. The van der Waals surface area contributed by atoms with Crippen molar-refractivity contribution in [3.8, 4) is 0 Å². The predicted octanol–water partition coefficient (Wildman–Crippen LogP) is 2.97. The molecule has 1 aliphatic heterocycles. The molecule has 4 heteroatoms. The van der Waals surface area contributed by atoms with Crippen molar-refractivity contribution >= 4 is 17.3 Å². The third-order valence-electron chi connectivity index (χ3n) is 3.93. The zero-order valence-electron chi connectivity index (χ0n) is 13.0. The molecule has 1 amide bonds. The van der Waals surface area contributed by atoms with Gasteiger partial charge in [-0.1, -0.05) is 30.4 Å². The molecule has 0 aromatic heterocycles. The highest BCUT2D eigenvalue weighted by atomic mass is 16.3. The number of hydrogen-bond acceptors (Lipinski definition) is 3. The lowest BCUT2D eigenvalue weighted by Crippen LogP contribution is -2.35. The number of benzene rings is 1. The molecule has 0 radical (unpaired) electrons. The van der Waals surface area contributed by atoms with Crippen molar-refractivity contribution in [1.29, 1.82) is 0 Å². The maximum atomic E-state index is 11.9. The molecule has 4 nitrogen and oxygen atoms in total. The zero-order valence-corrected chi connectivity index (χ0v) is 13.0. The maximum absolute atomic E-state index is 11.9. The number of allylic oxidation sites excluding steroid dienone is 3. The Labute approximate surface area is 132 Å². The fourth-order valence-electron chi connectivity index (χ4n) is 2.64. The summed E-state index contributed by atoms with van der Waals surface area (Å²) in [6.45, 7) is 3.99. The molecule has 1 saturated heterocycles. The third kappa shape index (κ3) is 4.46. The number of carbonyl (C=O) groups excluding carboxylic acids is 1. The van der Waals surface area contributed by atoms with Crippen LogP contribution in [0.1, 0.15) is 19.8 Å². The van der Waals surface area contributed by atoms with Gasteiger partial charge in [0.1, 0.15) is 0 Å². The lowest BCUT2D eigenvalue weighted by molar-refractivity contribution is -0.111. The molecule has 2 rings (SSSR count). The highest BCUT2D eigenvalue weighted by molar-refractivity contribution is 6.01. The summed E-state index contributed by atoms with van der Waals surface area (Å²) in [6.07, 6.45) is 8.92. The van der Waals surface area contributed by atoms with Crippen molar-refractivity contribution in [3.05, 3.63) is 48.6 Å². The number of anilines is 2. The molecule has 1 heterocycles. The normalized spacial score (nSPS) is 16.5. The van der Waals surface area contributed by atoms with Crippen molar-refractivity contribution in [2.45, 2.75) is 19.8 Å². The number of para-hydroxylation sites is 2. The van der Waals surface area contributed by atoms with E-state index in [1.54, 1.807) is 6.08 Å². The van der Waals surface area contributed by atoms with Gasteiger partial charge in [0.2, 0.25) is 5.91 Å². The van der Waals surface area contributed by atoms with Crippen molar-refractivity contribution in [1.82, 2.24) is 0 Å². The lowest BCUT2D eigenvalue weighted by Gasteiger charge is -2.34. The molecule has 1 aromatic rings. The number of nitrogens with zero attached hydrogens (tertiary/aromatic N) is 1. The topological polar surface area (TPSA) is 52.6 Å². The Bertz CT molecular complexity index is 544. The molecule has 0 saturated carbocycles. The van der Waals surface area contributed by atoms with E-state index in [0.29, 0.717) is 5.92 Å². The number of aliphatic hydroxyl groups excluding tert-OH is 1. The number of hydrogen-bond donors (Lipinski definition) is 2. The summed E-state index contributed by atoms with van der Waals surface area (Å²) in [5.41, 5.74) is 1.88. The second kappa shape index (κ2) is 8.39. The monoisotopic (exact) mass is 300 g/mol. The molecule has 118 valence electrons. The Balaban J connectivity index is 2.05. The van der Waals surface area contributed by atoms with E-state index in [4.69, 9.17) is 0 Å². The first-order valence-corrected chi connectivity index (χ1v) is 7.79. The largest absolute Gasteiger partial charge is 0.396 e. The molecule has 1 aromatic carbocycles. The molecule has 0 spiro atoms. The Hall–Kier alpha value is -2.07. The molecule has 22 heavy (non-hydrogen) atoms. The van der Waals surface area contributed by atoms with E-state index in [9.17, 15) is 9.90 Å². The first-order chi connectivity index (χ1) is 10.7. The summed E-state index contributed by atoms with van der Waals surface area (Å²) in [5.74, 6) is 0.276. The Morgan fingerprint density at radius 2 is 2.05 bits per heavy atom. The minimum absolute atomic E-state index is 0.129. The van der Waals surface area contributed by atoms with Crippen molar-refractivity contribution in [2.75, 3.05) is 29.9 Å². The molecular weight excluding hydrogens is 276 g/mol. The number of aliphatic hydroxyl groups is 1. The average molecular weight is 300 g/mol. The van der Waals surface area contributed by atoms with Crippen molar-refractivity contribution in [2.24, 2.45) is 5.92 Å². The number of carbonyl (C=O) groups is 1. The number of nitrogens with one attached hydrogen (secondary N) is 1. The highest BCUT2D eigenvalue weighted by Gasteiger charge is 2.20. The fourth-order valence-corrected chi connectivity index (χ4v) is 2.64. The Kier molecular flexibility index (Phi) is 6.22. The van der Waals surface area contributed by atoms with Gasteiger partial charge in [-0.15, -0.1) is 0 Å². The molecular formula is C18H24N2O2. The quantitative estimate of drug-likeness (QED) is 0.649. The first-order valence-electron chi connectivity index (χ1n) is 7.79. The van der Waals surface area contributed by atoms with Crippen LogP contribution in [0.15, 0.2) is 48.6 Å². The van der Waals surface area contributed by atoms with E-state index in [1.165, 1.54) is 6.08 Å². The Morgan fingerprint density at radius 1 is 1.32 bits per heavy atom. The second-order valence-corrected chi connectivity index (χ2v) is 5.50. The minimum Gasteiger partial charge on any atom is -0.396 e. The van der Waals surface area contributed by atoms with Gasteiger partial charge in [0.15, 0.2) is 0 Å². The van der Waals surface area contributed by atoms with Gasteiger partial charge in [-0.25, -0.2) is 0 Å². The molecule has 0 aliphatic carbocycles. The van der Waals surface area contributed by atoms with Crippen LogP contribution in [0.4, 0.5) is 11.4 Å². The van der Waals surface area contributed by atoms with Crippen LogP contribution < -0.4 is 10.2 Å². The smallest absolute Gasteiger partial charge is 0.248 e. The van der Waals surface area contributed by atoms with Crippen LogP contribution in [-0.2, 0) is 4.79 Å². The highest BCUT2D eigenvalue weighted by Crippen LogP contribution is 2.29. The van der Waals surface area contributed by atoms with E-state index in [-0.39, 0.29) is 12.5 Å². The van der Waals surface area contributed by atoms with Gasteiger partial charge in [-0.05, 0) is 37.8 Å². The van der Waals surface area contributed by atoms with Crippen molar-refractivity contribution < 1.29 is 9.90 Å². The SMILES string of the molecule is CC=CC=CC(=O)Nc1ccccc1N1CCC(CO)CC1. The Morgan fingerprint density at radius 3 is 2.73 bits per heavy atom. The average Bonchev–Trinajstić information content (AvgIpc) is 2.56. The fraction of sp³-hybridized carbons (Fsp3) is 0.389. The van der Waals surface area contributed by atoms with Gasteiger partial charge in [0.05, 0.1) is 11.4 Å². The predicted molar refractivity (Wildman–Crippen MR) is 91.0 cm³/mol.